The van der Waals surface area contributed by atoms with Crippen molar-refractivity contribution >= 4 is 22.6 Å². The zero-order valence-electron chi connectivity index (χ0n) is 12.9. The van der Waals surface area contributed by atoms with Crippen LogP contribution < -0.4 is 5.56 Å². The Bertz CT molecular complexity index is 614. The molecule has 1 heterocycles. The molecular weight excluding hydrogens is 286 g/mol. The third-order valence-corrected chi connectivity index (χ3v) is 4.21. The highest BCUT2D eigenvalue weighted by Gasteiger charge is 2.11. The molecule has 0 saturated heterocycles. The van der Waals surface area contributed by atoms with Crippen molar-refractivity contribution in [2.75, 3.05) is 6.61 Å². The molecule has 5 heteroatoms. The molecule has 1 rings (SSSR count). The highest BCUT2D eigenvalue weighted by atomic mass is 32.2. The van der Waals surface area contributed by atoms with Crippen molar-refractivity contribution in [3.63, 3.8) is 0 Å². The number of carbonyl (C=O) groups excluding carboxylic acids is 1. The van der Waals surface area contributed by atoms with E-state index in [1.54, 1.807) is 37.6 Å². The van der Waals surface area contributed by atoms with Gasteiger partial charge in [-0.2, -0.15) is 0 Å². The van der Waals surface area contributed by atoms with Crippen molar-refractivity contribution in [2.45, 2.75) is 34.1 Å². The zero-order chi connectivity index (χ0) is 15.8. The number of pyridine rings is 1. The van der Waals surface area contributed by atoms with Gasteiger partial charge in [0, 0.05) is 16.7 Å². The number of hydrogen-bond acceptors (Lipinski definition) is 4. The van der Waals surface area contributed by atoms with Gasteiger partial charge in [-0.25, -0.2) is 4.79 Å². The van der Waals surface area contributed by atoms with Crippen LogP contribution in [0, 0.1) is 0 Å². The van der Waals surface area contributed by atoms with Gasteiger partial charge in [0.15, 0.2) is 0 Å². The van der Waals surface area contributed by atoms with Gasteiger partial charge in [0.05, 0.1) is 12.2 Å². The Hall–Kier alpha value is -1.75. The van der Waals surface area contributed by atoms with E-state index in [4.69, 9.17) is 4.74 Å². The molecule has 0 aromatic carbocycles. The lowest BCUT2D eigenvalue weighted by atomic mass is 10.1. The lowest BCUT2D eigenvalue weighted by Crippen LogP contribution is -2.10. The van der Waals surface area contributed by atoms with Crippen LogP contribution in [-0.4, -0.2) is 17.6 Å². The Morgan fingerprint density at radius 2 is 2.10 bits per heavy atom. The molecule has 0 amide bonds. The molecule has 0 radical (unpaired) electrons. The van der Waals surface area contributed by atoms with Crippen molar-refractivity contribution in [1.29, 1.82) is 0 Å². The first kappa shape index (κ1) is 17.3. The smallest absolute Gasteiger partial charge is 0.334 e. The quantitative estimate of drug-likeness (QED) is 0.643. The Morgan fingerprint density at radius 3 is 2.67 bits per heavy atom. The minimum atomic E-state index is -0.333. The van der Waals surface area contributed by atoms with Gasteiger partial charge in [-0.3, -0.25) is 4.79 Å². The Balaban J connectivity index is 3.09. The normalized spacial score (nSPS) is 12.9. The molecule has 21 heavy (non-hydrogen) atoms. The molecule has 0 fully saturated rings. The van der Waals surface area contributed by atoms with E-state index < -0.39 is 0 Å². The van der Waals surface area contributed by atoms with Gasteiger partial charge >= 0.3 is 5.97 Å². The topological polar surface area (TPSA) is 59.2 Å². The molecule has 0 aliphatic carbocycles. The SMILES string of the molecule is CCOC(=O)/C(C)=C/SC(=C(C)CC)c1ccc[nH]c1=O. The molecule has 1 aromatic rings. The third kappa shape index (κ3) is 4.93. The summed E-state index contributed by atoms with van der Waals surface area (Å²) in [6, 6.07) is 3.58. The summed E-state index contributed by atoms with van der Waals surface area (Å²) in [5.41, 5.74) is 2.12. The van der Waals surface area contributed by atoms with Gasteiger partial charge in [0.2, 0.25) is 0 Å². The maximum atomic E-state index is 11.9. The summed E-state index contributed by atoms with van der Waals surface area (Å²) in [6.45, 7) is 7.86. The molecule has 1 N–H and O–H groups in total. The van der Waals surface area contributed by atoms with E-state index in [0.717, 1.165) is 16.9 Å². The largest absolute Gasteiger partial charge is 0.463 e. The first-order valence-corrected chi connectivity index (χ1v) is 7.77. The van der Waals surface area contributed by atoms with Gasteiger partial charge in [-0.15, -0.1) is 0 Å². The first-order valence-electron chi connectivity index (χ1n) is 6.89. The zero-order valence-corrected chi connectivity index (χ0v) is 13.7. The first-order chi connectivity index (χ1) is 10.0. The second-order valence-corrected chi connectivity index (χ2v) is 5.39. The molecule has 0 atom stereocenters. The van der Waals surface area contributed by atoms with Crippen molar-refractivity contribution in [3.8, 4) is 0 Å². The summed E-state index contributed by atoms with van der Waals surface area (Å²) in [5.74, 6) is -0.333. The minimum Gasteiger partial charge on any atom is -0.463 e. The molecule has 0 spiro atoms. The fourth-order valence-electron chi connectivity index (χ4n) is 1.60. The van der Waals surface area contributed by atoms with E-state index in [2.05, 4.69) is 4.98 Å². The number of rotatable bonds is 6. The van der Waals surface area contributed by atoms with Crippen LogP contribution in [0.1, 0.15) is 39.7 Å². The molecule has 0 saturated carbocycles. The third-order valence-electron chi connectivity index (χ3n) is 2.93. The van der Waals surface area contributed by atoms with Gasteiger partial charge in [-0.05, 0) is 44.7 Å². The van der Waals surface area contributed by atoms with Crippen LogP contribution in [0.2, 0.25) is 0 Å². The van der Waals surface area contributed by atoms with Gasteiger partial charge in [-0.1, -0.05) is 24.3 Å². The second-order valence-electron chi connectivity index (χ2n) is 4.52. The van der Waals surface area contributed by atoms with E-state index in [9.17, 15) is 9.59 Å². The van der Waals surface area contributed by atoms with E-state index in [1.807, 2.05) is 13.8 Å². The number of carbonyl (C=O) groups is 1. The Labute approximate surface area is 129 Å². The van der Waals surface area contributed by atoms with Gasteiger partial charge < -0.3 is 9.72 Å². The number of ether oxygens (including phenoxy) is 1. The number of allylic oxidation sites excluding steroid dienone is 1. The van der Waals surface area contributed by atoms with Crippen molar-refractivity contribution in [3.05, 3.63) is 50.8 Å². The lowest BCUT2D eigenvalue weighted by molar-refractivity contribution is -0.138. The van der Waals surface area contributed by atoms with Crippen molar-refractivity contribution in [1.82, 2.24) is 4.98 Å². The summed E-state index contributed by atoms with van der Waals surface area (Å²) >= 11 is 1.38. The van der Waals surface area contributed by atoms with E-state index in [1.165, 1.54) is 11.8 Å². The Kier molecular flexibility index (Phi) is 7.02. The predicted octanol–water partition coefficient (Wildman–Crippen LogP) is 3.72. The Morgan fingerprint density at radius 1 is 1.38 bits per heavy atom. The average molecular weight is 307 g/mol. The van der Waals surface area contributed by atoms with Crippen LogP contribution in [0.5, 0.6) is 0 Å². The number of aromatic amines is 1. The highest BCUT2D eigenvalue weighted by molar-refractivity contribution is 8.11. The summed E-state index contributed by atoms with van der Waals surface area (Å²) in [7, 11) is 0. The number of esters is 1. The van der Waals surface area contributed by atoms with E-state index in [0.29, 0.717) is 17.7 Å². The van der Waals surface area contributed by atoms with Crippen LogP contribution in [-0.2, 0) is 9.53 Å². The van der Waals surface area contributed by atoms with Crippen molar-refractivity contribution in [2.24, 2.45) is 0 Å². The van der Waals surface area contributed by atoms with Crippen molar-refractivity contribution < 1.29 is 9.53 Å². The minimum absolute atomic E-state index is 0.130. The monoisotopic (exact) mass is 307 g/mol. The number of aromatic nitrogens is 1. The number of hydrogen-bond donors (Lipinski definition) is 1. The van der Waals surface area contributed by atoms with Crippen LogP contribution in [0.15, 0.2) is 39.7 Å². The lowest BCUT2D eigenvalue weighted by Gasteiger charge is -2.09. The number of nitrogens with one attached hydrogen (secondary N) is 1. The summed E-state index contributed by atoms with van der Waals surface area (Å²) < 4.78 is 4.95. The van der Waals surface area contributed by atoms with Crippen LogP contribution in [0.4, 0.5) is 0 Å². The number of H-pyrrole nitrogens is 1. The van der Waals surface area contributed by atoms with Crippen LogP contribution >= 0.6 is 11.8 Å². The molecular formula is C16H21NO3S. The molecule has 0 unspecified atom stereocenters. The highest BCUT2D eigenvalue weighted by Crippen LogP contribution is 2.31. The molecule has 0 aliphatic rings. The van der Waals surface area contributed by atoms with Gasteiger partial charge in [0.1, 0.15) is 0 Å². The summed E-state index contributed by atoms with van der Waals surface area (Å²) in [6.07, 6.45) is 2.44. The van der Waals surface area contributed by atoms with E-state index in [-0.39, 0.29) is 11.5 Å². The molecule has 0 bridgehead atoms. The maximum Gasteiger partial charge on any atom is 0.334 e. The van der Waals surface area contributed by atoms with E-state index >= 15 is 0 Å². The van der Waals surface area contributed by atoms with Gasteiger partial charge in [0.25, 0.3) is 5.56 Å². The summed E-state index contributed by atoms with van der Waals surface area (Å²) in [4.78, 5) is 27.1. The number of thioether (sulfide) groups is 1. The van der Waals surface area contributed by atoms with Crippen LogP contribution in [0.25, 0.3) is 4.91 Å². The molecule has 0 aliphatic heterocycles. The molecule has 1 aromatic heterocycles. The summed E-state index contributed by atoms with van der Waals surface area (Å²) in [5, 5.41) is 1.74. The fourth-order valence-corrected chi connectivity index (χ4v) is 2.62. The van der Waals surface area contributed by atoms with Crippen LogP contribution in [0.3, 0.4) is 0 Å². The molecule has 114 valence electrons. The maximum absolute atomic E-state index is 11.9. The standard InChI is InChI=1S/C16H21NO3S/c1-5-11(3)14(13-8-7-9-17-15(13)18)21-10-12(4)16(19)20-6-2/h7-10H,5-6H2,1-4H3,(H,17,18)/b12-10+,14-11?. The molecule has 4 nitrogen and oxygen atoms in total. The predicted molar refractivity (Wildman–Crippen MR) is 87.9 cm³/mol. The fraction of sp³-hybridized carbons (Fsp3) is 0.375. The average Bonchev–Trinajstić information content (AvgIpc) is 2.48. The second kappa shape index (κ2) is 8.52.